The number of aromatic nitrogens is 4. The SMILES string of the molecule is CCS(=O)(=O)Nc1ccc(Oc2cccc(COC3CCN(c4ncc(C(=O)NC5C(C)(C)C(Oc6ccc(C#N)c(Cl)c6)C5(C)C)cn4)CC3)c2)c(-c2cn(C)c(=O)c3[nH]ccc23)c1. The minimum absolute atomic E-state index is 0.0105. The molecule has 1 saturated heterocycles. The van der Waals surface area contributed by atoms with Gasteiger partial charge in [0.2, 0.25) is 16.0 Å². The third kappa shape index (κ3) is 9.27. The maximum atomic E-state index is 13.5. The number of fused-ring (bicyclic) bond motifs is 1. The van der Waals surface area contributed by atoms with Crippen molar-refractivity contribution in [1.29, 1.82) is 5.26 Å². The summed E-state index contributed by atoms with van der Waals surface area (Å²) >= 11 is 6.25. The van der Waals surface area contributed by atoms with E-state index in [1.807, 2.05) is 30.3 Å². The molecular weight excluding hydrogens is 868 g/mol. The highest BCUT2D eigenvalue weighted by Crippen LogP contribution is 2.55. The number of hydrogen-bond acceptors (Lipinski definition) is 11. The van der Waals surface area contributed by atoms with Gasteiger partial charge in [-0.1, -0.05) is 51.4 Å². The minimum atomic E-state index is -3.55. The minimum Gasteiger partial charge on any atom is -0.489 e. The molecular formula is C48H51ClN8O7S. The number of sulfonamides is 1. The van der Waals surface area contributed by atoms with Gasteiger partial charge in [-0.25, -0.2) is 18.4 Å². The molecule has 0 radical (unpaired) electrons. The average molecular weight is 920 g/mol. The largest absolute Gasteiger partial charge is 0.489 e. The summed E-state index contributed by atoms with van der Waals surface area (Å²) in [6.07, 6.45) is 7.85. The van der Waals surface area contributed by atoms with E-state index >= 15 is 0 Å². The van der Waals surface area contributed by atoms with Crippen molar-refractivity contribution >= 4 is 50.1 Å². The van der Waals surface area contributed by atoms with Gasteiger partial charge < -0.3 is 34.0 Å². The molecule has 2 aliphatic rings. The molecule has 15 nitrogen and oxygen atoms in total. The zero-order chi connectivity index (χ0) is 46.3. The molecule has 0 unspecified atom stereocenters. The molecule has 3 N–H and O–H groups in total. The van der Waals surface area contributed by atoms with Gasteiger partial charge in [0, 0.05) is 90.1 Å². The summed E-state index contributed by atoms with van der Waals surface area (Å²) < 4.78 is 48.3. The number of benzene rings is 3. The fourth-order valence-corrected chi connectivity index (χ4v) is 10.1. The Morgan fingerprint density at radius 1 is 0.985 bits per heavy atom. The molecule has 8 rings (SSSR count). The van der Waals surface area contributed by atoms with Gasteiger partial charge in [0.1, 0.15) is 34.9 Å². The number of H-pyrrole nitrogens is 1. The highest BCUT2D eigenvalue weighted by atomic mass is 35.5. The quantitative estimate of drug-likeness (QED) is 0.0954. The van der Waals surface area contributed by atoms with Crippen LogP contribution in [-0.2, 0) is 28.4 Å². The number of piperidine rings is 1. The number of amides is 1. The smallest absolute Gasteiger partial charge is 0.274 e. The van der Waals surface area contributed by atoms with Crippen molar-refractivity contribution in [3.05, 3.63) is 124 Å². The molecule has 4 heterocycles. The number of halogens is 1. The number of ether oxygens (including phenoxy) is 3. The Bertz CT molecular complexity index is 2960. The normalized spacial score (nSPS) is 18.1. The predicted octanol–water partition coefficient (Wildman–Crippen LogP) is 8.20. The molecule has 1 amide bonds. The number of nitriles is 1. The maximum Gasteiger partial charge on any atom is 0.274 e. The Morgan fingerprint density at radius 2 is 1.72 bits per heavy atom. The summed E-state index contributed by atoms with van der Waals surface area (Å²) in [5.74, 6) is 1.82. The van der Waals surface area contributed by atoms with Crippen molar-refractivity contribution in [3.63, 3.8) is 0 Å². The van der Waals surface area contributed by atoms with Crippen LogP contribution in [0.15, 0.2) is 96.3 Å². The molecule has 65 heavy (non-hydrogen) atoms. The Kier molecular flexibility index (Phi) is 12.4. The van der Waals surface area contributed by atoms with Crippen LogP contribution in [0.2, 0.25) is 5.02 Å². The Labute approximate surface area is 382 Å². The number of carbonyl (C=O) groups excluding carboxylic acids is 1. The monoisotopic (exact) mass is 918 g/mol. The van der Waals surface area contributed by atoms with E-state index in [0.717, 1.165) is 18.4 Å². The molecule has 3 aromatic heterocycles. The molecule has 17 heteroatoms. The third-order valence-electron chi connectivity index (χ3n) is 12.5. The number of nitrogens with one attached hydrogen (secondary N) is 3. The Hall–Kier alpha value is -6.41. The van der Waals surface area contributed by atoms with Gasteiger partial charge in [0.25, 0.3) is 11.5 Å². The standard InChI is InChI=1S/C48H51ClN8O7S/c1-7-65(60,61)55-32-12-14-40(37(22-32)38-27-56(6)43(59)41-36(38)15-18-51-41)63-34-10-8-9-29(21-34)28-62-33-16-19-57(20-17-33)46-52-25-31(26-53-46)42(58)54-44-47(2,3)45(48(44,4)5)64-35-13-11-30(24-50)39(49)23-35/h8-15,18,21-23,25-27,33,44-45,51,55H,7,16-17,19-20,28H2,1-6H3,(H,54,58). The number of aryl methyl sites for hydroxylation is 1. The maximum absolute atomic E-state index is 13.5. The Morgan fingerprint density at radius 3 is 2.42 bits per heavy atom. The lowest BCUT2D eigenvalue weighted by Gasteiger charge is -2.63. The summed E-state index contributed by atoms with van der Waals surface area (Å²) in [5.41, 5.74) is 2.76. The first kappa shape index (κ1) is 45.2. The van der Waals surface area contributed by atoms with E-state index in [4.69, 9.17) is 25.8 Å². The summed E-state index contributed by atoms with van der Waals surface area (Å²) in [6.45, 7) is 11.5. The highest BCUT2D eigenvalue weighted by molar-refractivity contribution is 7.92. The van der Waals surface area contributed by atoms with Gasteiger partial charge in [-0.3, -0.25) is 14.3 Å². The summed E-state index contributed by atoms with van der Waals surface area (Å²) in [6, 6.07) is 21.4. The summed E-state index contributed by atoms with van der Waals surface area (Å²) in [4.78, 5) is 40.6. The van der Waals surface area contributed by atoms with Crippen LogP contribution >= 0.6 is 11.6 Å². The van der Waals surface area contributed by atoms with Crippen LogP contribution in [0.3, 0.4) is 0 Å². The lowest BCUT2D eigenvalue weighted by atomic mass is 9.49. The fourth-order valence-electron chi connectivity index (χ4n) is 9.30. The average Bonchev–Trinajstić information content (AvgIpc) is 3.79. The van der Waals surface area contributed by atoms with Gasteiger partial charge in [-0.05, 0) is 73.9 Å². The molecule has 6 aromatic rings. The van der Waals surface area contributed by atoms with E-state index in [9.17, 15) is 23.3 Å². The lowest BCUT2D eigenvalue weighted by molar-refractivity contribution is -0.164. The van der Waals surface area contributed by atoms with Crippen molar-refractivity contribution in [2.24, 2.45) is 17.9 Å². The number of hydrogen-bond donors (Lipinski definition) is 3. The van der Waals surface area contributed by atoms with Crippen LogP contribution in [0.1, 0.15) is 68.9 Å². The summed E-state index contributed by atoms with van der Waals surface area (Å²) in [7, 11) is -1.88. The van der Waals surface area contributed by atoms with Crippen LogP contribution in [-0.4, -0.2) is 70.9 Å². The molecule has 0 spiro atoms. The van der Waals surface area contributed by atoms with E-state index in [1.165, 1.54) is 4.57 Å². The number of pyridine rings is 1. The molecule has 338 valence electrons. The zero-order valence-corrected chi connectivity index (χ0v) is 38.6. The first-order chi connectivity index (χ1) is 31.0. The number of anilines is 2. The molecule has 1 saturated carbocycles. The van der Waals surface area contributed by atoms with Crippen LogP contribution < -0.4 is 30.0 Å². The van der Waals surface area contributed by atoms with Crippen LogP contribution in [0, 0.1) is 22.2 Å². The topological polar surface area (TPSA) is 194 Å². The summed E-state index contributed by atoms with van der Waals surface area (Å²) in [5, 5.41) is 13.4. The van der Waals surface area contributed by atoms with Gasteiger partial charge in [-0.15, -0.1) is 0 Å². The van der Waals surface area contributed by atoms with Gasteiger partial charge in [-0.2, -0.15) is 5.26 Å². The molecule has 2 fully saturated rings. The molecule has 1 aliphatic carbocycles. The fraction of sp³-hybridized carbons (Fsp3) is 0.354. The second-order valence-corrected chi connectivity index (χ2v) is 20.2. The van der Waals surface area contributed by atoms with Crippen molar-refractivity contribution in [1.82, 2.24) is 24.8 Å². The highest BCUT2D eigenvalue weighted by Gasteiger charge is 2.64. The van der Waals surface area contributed by atoms with Crippen molar-refractivity contribution in [3.8, 4) is 34.4 Å². The van der Waals surface area contributed by atoms with Crippen molar-refractivity contribution < 1.29 is 27.4 Å². The van der Waals surface area contributed by atoms with E-state index in [2.05, 4.69) is 63.7 Å². The molecule has 3 aromatic carbocycles. The first-order valence-corrected chi connectivity index (χ1v) is 23.4. The van der Waals surface area contributed by atoms with E-state index in [1.54, 1.807) is 75.2 Å². The molecule has 1 aliphatic heterocycles. The van der Waals surface area contributed by atoms with E-state index < -0.39 is 20.9 Å². The zero-order valence-electron chi connectivity index (χ0n) is 37.0. The second-order valence-electron chi connectivity index (χ2n) is 17.8. The number of carbonyl (C=O) groups is 1. The van der Waals surface area contributed by atoms with Crippen LogP contribution in [0.5, 0.6) is 17.2 Å². The first-order valence-electron chi connectivity index (χ1n) is 21.4. The van der Waals surface area contributed by atoms with Crippen LogP contribution in [0.4, 0.5) is 11.6 Å². The van der Waals surface area contributed by atoms with Crippen LogP contribution in [0.25, 0.3) is 22.0 Å². The second kappa shape index (κ2) is 17.9. The van der Waals surface area contributed by atoms with Gasteiger partial charge in [0.15, 0.2) is 0 Å². The Balaban J connectivity index is 0.862. The molecule has 0 bridgehead atoms. The number of rotatable bonds is 14. The van der Waals surface area contributed by atoms with E-state index in [0.29, 0.717) is 86.8 Å². The molecule has 0 atom stereocenters. The van der Waals surface area contributed by atoms with Crippen molar-refractivity contribution in [2.75, 3.05) is 28.5 Å². The predicted molar refractivity (Wildman–Crippen MR) is 250 cm³/mol. The van der Waals surface area contributed by atoms with Gasteiger partial charge in [0.05, 0.1) is 34.6 Å². The third-order valence-corrected chi connectivity index (χ3v) is 14.1. The van der Waals surface area contributed by atoms with Crippen molar-refractivity contribution in [2.45, 2.75) is 72.3 Å². The lowest BCUT2D eigenvalue weighted by Crippen LogP contribution is -2.74. The van der Waals surface area contributed by atoms with E-state index in [-0.39, 0.29) is 35.5 Å². The number of aromatic amines is 1. The number of nitrogens with zero attached hydrogens (tertiary/aromatic N) is 5. The van der Waals surface area contributed by atoms with Gasteiger partial charge >= 0.3 is 0 Å².